The third-order valence-corrected chi connectivity index (χ3v) is 11.4. The zero-order valence-corrected chi connectivity index (χ0v) is 28.4. The highest BCUT2D eigenvalue weighted by molar-refractivity contribution is 6.14. The Kier molecular flexibility index (Phi) is 5.53. The molecule has 52 heavy (non-hydrogen) atoms. The molecule has 7 aromatic carbocycles. The molecule has 242 valence electrons. The van der Waals surface area contributed by atoms with E-state index in [4.69, 9.17) is 4.42 Å². The lowest BCUT2D eigenvalue weighted by atomic mass is 9.82. The molecule has 0 fully saturated rings. The van der Waals surface area contributed by atoms with Crippen molar-refractivity contribution >= 4 is 65.6 Å². The Morgan fingerprint density at radius 3 is 1.69 bits per heavy atom. The maximum Gasteiger partial charge on any atom is 0.135 e. The third kappa shape index (κ3) is 3.69. The fourth-order valence-corrected chi connectivity index (χ4v) is 8.91. The molecule has 0 saturated heterocycles. The molecule has 0 spiro atoms. The number of hydrogen-bond donors (Lipinski definition) is 0. The Hall–Kier alpha value is -7.08. The number of furan rings is 1. The zero-order chi connectivity index (χ0) is 34.9. The molecule has 3 aromatic heterocycles. The van der Waals surface area contributed by atoms with Crippen LogP contribution in [0.4, 0.5) is 0 Å². The lowest BCUT2D eigenvalue weighted by Gasteiger charge is -2.21. The summed E-state index contributed by atoms with van der Waals surface area (Å²) >= 11 is 0. The molecule has 1 aliphatic rings. The first kappa shape index (κ1) is 28.7. The van der Waals surface area contributed by atoms with Crippen molar-refractivity contribution < 1.29 is 4.42 Å². The molecule has 0 saturated carbocycles. The van der Waals surface area contributed by atoms with Crippen LogP contribution in [0.25, 0.3) is 88.1 Å². The minimum atomic E-state index is -0.149. The summed E-state index contributed by atoms with van der Waals surface area (Å²) in [7, 11) is 0. The standard InChI is InChI=1S/C47H28N4O/c1-47(2)39-9-5-3-7-31(39)33-23-36-35-20-28(26-49)12-16-43(35)51(44(36)24-40(33)47)30-14-18-46-38(22-30)37-21-29(13-17-45(37)52-46)50-41-10-6-4-8-32(41)34-19-27(25-48)11-15-42(34)50/h3-24H,1-2H3. The normalized spacial score (nSPS) is 13.3. The molecule has 0 N–H and O–H groups in total. The van der Waals surface area contributed by atoms with Crippen molar-refractivity contribution in [3.05, 3.63) is 156 Å². The van der Waals surface area contributed by atoms with E-state index in [2.05, 4.69) is 132 Å². The van der Waals surface area contributed by atoms with Gasteiger partial charge in [0.05, 0.1) is 45.3 Å². The van der Waals surface area contributed by atoms with Gasteiger partial charge in [-0.25, -0.2) is 0 Å². The van der Waals surface area contributed by atoms with Gasteiger partial charge in [0.25, 0.3) is 0 Å². The number of aromatic nitrogens is 2. The Morgan fingerprint density at radius 1 is 0.462 bits per heavy atom. The van der Waals surface area contributed by atoms with Gasteiger partial charge in [0.1, 0.15) is 11.2 Å². The lowest BCUT2D eigenvalue weighted by molar-refractivity contribution is 0.661. The van der Waals surface area contributed by atoms with Gasteiger partial charge in [-0.3, -0.25) is 0 Å². The van der Waals surface area contributed by atoms with Gasteiger partial charge in [0.2, 0.25) is 0 Å². The number of hydrogen-bond acceptors (Lipinski definition) is 3. The molecule has 0 amide bonds. The van der Waals surface area contributed by atoms with Crippen LogP contribution in [-0.2, 0) is 5.41 Å². The van der Waals surface area contributed by atoms with Crippen molar-refractivity contribution in [3.8, 4) is 34.6 Å². The number of nitrogens with zero attached hydrogens (tertiary/aromatic N) is 4. The average Bonchev–Trinajstić information content (AvgIpc) is 3.88. The first-order chi connectivity index (χ1) is 25.4. The summed E-state index contributed by atoms with van der Waals surface area (Å²) in [4.78, 5) is 0. The summed E-state index contributed by atoms with van der Waals surface area (Å²) in [5.74, 6) is 0. The van der Waals surface area contributed by atoms with Crippen molar-refractivity contribution in [3.63, 3.8) is 0 Å². The van der Waals surface area contributed by atoms with Crippen molar-refractivity contribution in [2.24, 2.45) is 0 Å². The minimum absolute atomic E-state index is 0.149. The van der Waals surface area contributed by atoms with E-state index in [1.165, 1.54) is 22.3 Å². The van der Waals surface area contributed by atoms with E-state index < -0.39 is 0 Å². The molecular formula is C47H28N4O. The van der Waals surface area contributed by atoms with Crippen LogP contribution in [0.5, 0.6) is 0 Å². The predicted octanol–water partition coefficient (Wildman–Crippen LogP) is 11.8. The monoisotopic (exact) mass is 664 g/mol. The van der Waals surface area contributed by atoms with Crippen LogP contribution in [0.1, 0.15) is 36.1 Å². The Balaban J connectivity index is 1.16. The molecule has 5 heteroatoms. The van der Waals surface area contributed by atoms with Crippen LogP contribution in [0, 0.1) is 22.7 Å². The number of fused-ring (bicyclic) bond motifs is 12. The lowest BCUT2D eigenvalue weighted by Crippen LogP contribution is -2.14. The van der Waals surface area contributed by atoms with Crippen molar-refractivity contribution in [2.75, 3.05) is 0 Å². The maximum atomic E-state index is 9.89. The molecule has 5 nitrogen and oxygen atoms in total. The fourth-order valence-electron chi connectivity index (χ4n) is 8.91. The van der Waals surface area contributed by atoms with E-state index in [1.54, 1.807) is 0 Å². The Labute approximate surface area is 298 Å². The van der Waals surface area contributed by atoms with Gasteiger partial charge in [-0.1, -0.05) is 56.3 Å². The molecule has 0 radical (unpaired) electrons. The van der Waals surface area contributed by atoms with Crippen LogP contribution in [0.2, 0.25) is 0 Å². The second-order valence-electron chi connectivity index (χ2n) is 14.4. The van der Waals surface area contributed by atoms with Crippen LogP contribution in [-0.4, -0.2) is 9.13 Å². The van der Waals surface area contributed by atoms with E-state index in [9.17, 15) is 10.5 Å². The molecule has 0 atom stereocenters. The highest BCUT2D eigenvalue weighted by Gasteiger charge is 2.36. The van der Waals surface area contributed by atoms with Gasteiger partial charge in [-0.15, -0.1) is 0 Å². The second-order valence-corrected chi connectivity index (χ2v) is 14.4. The third-order valence-electron chi connectivity index (χ3n) is 11.4. The molecule has 0 unspecified atom stereocenters. The van der Waals surface area contributed by atoms with E-state index in [0.29, 0.717) is 11.1 Å². The molecule has 0 aliphatic heterocycles. The molecule has 10 aromatic rings. The molecule has 1 aliphatic carbocycles. The number of nitriles is 2. The highest BCUT2D eigenvalue weighted by Crippen LogP contribution is 2.51. The van der Waals surface area contributed by atoms with Gasteiger partial charge in [-0.2, -0.15) is 10.5 Å². The molecule has 3 heterocycles. The van der Waals surface area contributed by atoms with Crippen molar-refractivity contribution in [2.45, 2.75) is 19.3 Å². The molecule has 11 rings (SSSR count). The number of rotatable bonds is 2. The van der Waals surface area contributed by atoms with Gasteiger partial charge in [0.15, 0.2) is 0 Å². The fraction of sp³-hybridized carbons (Fsp3) is 0.0638. The average molecular weight is 665 g/mol. The Morgan fingerprint density at radius 2 is 1.02 bits per heavy atom. The van der Waals surface area contributed by atoms with Crippen LogP contribution in [0.3, 0.4) is 0 Å². The van der Waals surface area contributed by atoms with Gasteiger partial charge in [-0.05, 0) is 113 Å². The zero-order valence-electron chi connectivity index (χ0n) is 28.4. The first-order valence-corrected chi connectivity index (χ1v) is 17.5. The quantitative estimate of drug-likeness (QED) is 0.185. The van der Waals surface area contributed by atoms with Gasteiger partial charge >= 0.3 is 0 Å². The van der Waals surface area contributed by atoms with E-state index in [1.807, 2.05) is 36.4 Å². The predicted molar refractivity (Wildman–Crippen MR) is 209 cm³/mol. The highest BCUT2D eigenvalue weighted by atomic mass is 16.3. The van der Waals surface area contributed by atoms with Crippen molar-refractivity contribution in [1.82, 2.24) is 9.13 Å². The van der Waals surface area contributed by atoms with Crippen LogP contribution in [0.15, 0.2) is 138 Å². The summed E-state index contributed by atoms with van der Waals surface area (Å²) in [6, 6.07) is 51.2. The summed E-state index contributed by atoms with van der Waals surface area (Å²) in [6.45, 7) is 4.62. The smallest absolute Gasteiger partial charge is 0.135 e. The summed E-state index contributed by atoms with van der Waals surface area (Å²) in [5.41, 5.74) is 14.3. The largest absolute Gasteiger partial charge is 0.456 e. The van der Waals surface area contributed by atoms with Crippen LogP contribution >= 0.6 is 0 Å². The topological polar surface area (TPSA) is 70.6 Å². The second kappa shape index (κ2) is 10.0. The summed E-state index contributed by atoms with van der Waals surface area (Å²) < 4.78 is 11.1. The number of para-hydroxylation sites is 1. The maximum absolute atomic E-state index is 9.89. The van der Waals surface area contributed by atoms with E-state index in [-0.39, 0.29) is 5.41 Å². The SMILES string of the molecule is CC1(C)c2ccccc2-c2cc3c4cc(C#N)ccc4n(-c4ccc5oc6ccc(-n7c8ccccc8c8cc(C#N)ccc87)cc6c5c4)c3cc21. The van der Waals surface area contributed by atoms with E-state index in [0.717, 1.165) is 76.9 Å². The number of benzene rings is 7. The van der Waals surface area contributed by atoms with Crippen LogP contribution < -0.4 is 0 Å². The summed E-state index contributed by atoms with van der Waals surface area (Å²) in [6.07, 6.45) is 0. The Bertz CT molecular complexity index is 3300. The van der Waals surface area contributed by atoms with Gasteiger partial charge in [0, 0.05) is 49.1 Å². The molecule has 0 bridgehead atoms. The molecular weight excluding hydrogens is 637 g/mol. The van der Waals surface area contributed by atoms with Gasteiger partial charge < -0.3 is 13.6 Å². The van der Waals surface area contributed by atoms with E-state index >= 15 is 0 Å². The summed E-state index contributed by atoms with van der Waals surface area (Å²) in [5, 5.41) is 25.9. The first-order valence-electron chi connectivity index (χ1n) is 17.5. The minimum Gasteiger partial charge on any atom is -0.456 e. The van der Waals surface area contributed by atoms with Crippen molar-refractivity contribution in [1.29, 1.82) is 10.5 Å².